The zero-order valence-electron chi connectivity index (χ0n) is 21.7. The quantitative estimate of drug-likeness (QED) is 0.370. The molecular formula is C27H36N8O2. The first kappa shape index (κ1) is 25.2. The van der Waals surface area contributed by atoms with Crippen molar-refractivity contribution in [2.45, 2.75) is 51.2 Å². The van der Waals surface area contributed by atoms with Gasteiger partial charge < -0.3 is 25.2 Å². The molecule has 1 aliphatic carbocycles. The molecule has 3 N–H and O–H groups in total. The summed E-state index contributed by atoms with van der Waals surface area (Å²) in [4.78, 5) is 24.4. The van der Waals surface area contributed by atoms with Gasteiger partial charge in [-0.3, -0.25) is 4.79 Å². The summed E-state index contributed by atoms with van der Waals surface area (Å²) in [6.45, 7) is 4.24. The van der Waals surface area contributed by atoms with E-state index in [1.165, 1.54) is 38.8 Å². The molecule has 0 bridgehead atoms. The third-order valence-electron chi connectivity index (χ3n) is 7.29. The Morgan fingerprint density at radius 3 is 2.57 bits per heavy atom. The second-order valence-corrected chi connectivity index (χ2v) is 9.75. The number of fused-ring (bicyclic) bond motifs is 2. The van der Waals surface area contributed by atoms with E-state index >= 15 is 0 Å². The van der Waals surface area contributed by atoms with Gasteiger partial charge in [0.1, 0.15) is 17.0 Å². The molecule has 5 heterocycles. The number of nitrogens with zero attached hydrogens (tertiary/aromatic N) is 6. The number of piperidine rings is 1. The van der Waals surface area contributed by atoms with Crippen LogP contribution >= 0.6 is 0 Å². The third kappa shape index (κ3) is 5.30. The Morgan fingerprint density at radius 1 is 1.11 bits per heavy atom. The van der Waals surface area contributed by atoms with Gasteiger partial charge in [-0.05, 0) is 57.3 Å². The van der Waals surface area contributed by atoms with Crippen LogP contribution in [0.5, 0.6) is 0 Å². The Morgan fingerprint density at radius 2 is 1.89 bits per heavy atom. The van der Waals surface area contributed by atoms with Gasteiger partial charge in [-0.25, -0.2) is 9.97 Å². The molecule has 6 rings (SSSR count). The number of hydrogen-bond acceptors (Lipinski definition) is 7. The van der Waals surface area contributed by atoms with Crippen molar-refractivity contribution in [2.75, 3.05) is 39.0 Å². The maximum Gasteiger partial charge on any atom is 0.256 e. The molecule has 4 aromatic rings. The normalized spacial score (nSPS) is 16.3. The highest BCUT2D eigenvalue weighted by molar-refractivity contribution is 6.00. The van der Waals surface area contributed by atoms with Crippen LogP contribution in [0.2, 0.25) is 0 Å². The first-order valence-electron chi connectivity index (χ1n) is 13.2. The monoisotopic (exact) mass is 504 g/mol. The van der Waals surface area contributed by atoms with E-state index in [4.69, 9.17) is 10.1 Å². The lowest BCUT2D eigenvalue weighted by atomic mass is 9.97. The predicted molar refractivity (Wildman–Crippen MR) is 145 cm³/mol. The van der Waals surface area contributed by atoms with Crippen molar-refractivity contribution < 1.29 is 9.90 Å². The third-order valence-corrected chi connectivity index (χ3v) is 7.29. The molecule has 37 heavy (non-hydrogen) atoms. The molecule has 0 spiro atoms. The Hall–Kier alpha value is -3.50. The highest BCUT2D eigenvalue weighted by Crippen LogP contribution is 2.31. The van der Waals surface area contributed by atoms with Crippen LogP contribution < -0.4 is 10.6 Å². The molecule has 0 atom stereocenters. The molecule has 196 valence electrons. The Bertz CT molecular complexity index is 1370. The minimum Gasteiger partial charge on any atom is -0.393 e. The lowest BCUT2D eigenvalue weighted by Crippen LogP contribution is -2.32. The maximum absolute atomic E-state index is 12.3. The van der Waals surface area contributed by atoms with Gasteiger partial charge in [0.2, 0.25) is 0 Å². The summed E-state index contributed by atoms with van der Waals surface area (Å²) in [6, 6.07) is 5.99. The van der Waals surface area contributed by atoms with E-state index in [9.17, 15) is 4.79 Å². The molecule has 1 amide bonds. The molecule has 2 fully saturated rings. The number of hydrogen-bond donors (Lipinski definition) is 3. The fourth-order valence-corrected chi connectivity index (χ4v) is 4.89. The number of nitrogens with one attached hydrogen (secondary N) is 2. The second-order valence-electron chi connectivity index (χ2n) is 9.75. The van der Waals surface area contributed by atoms with Gasteiger partial charge in [0, 0.05) is 56.6 Å². The Kier molecular flexibility index (Phi) is 7.66. The van der Waals surface area contributed by atoms with Gasteiger partial charge in [-0.15, -0.1) is 0 Å². The topological polar surface area (TPSA) is 113 Å². The second kappa shape index (κ2) is 11.3. The fraction of sp³-hybridized carbons (Fsp3) is 0.481. The van der Waals surface area contributed by atoms with E-state index in [0.717, 1.165) is 54.0 Å². The molecule has 1 aliphatic heterocycles. The summed E-state index contributed by atoms with van der Waals surface area (Å²) in [5.74, 6) is 0.551. The first-order valence-corrected chi connectivity index (χ1v) is 13.2. The minimum absolute atomic E-state index is 0.0648. The molecule has 0 unspecified atom stereocenters. The van der Waals surface area contributed by atoms with E-state index in [0.29, 0.717) is 11.2 Å². The largest absolute Gasteiger partial charge is 0.393 e. The van der Waals surface area contributed by atoms with Crippen molar-refractivity contribution in [2.24, 2.45) is 0 Å². The van der Waals surface area contributed by atoms with Crippen molar-refractivity contribution in [3.8, 4) is 11.3 Å². The summed E-state index contributed by atoms with van der Waals surface area (Å²) in [5, 5.41) is 19.7. The maximum atomic E-state index is 12.3. The van der Waals surface area contributed by atoms with E-state index in [1.807, 2.05) is 25.4 Å². The van der Waals surface area contributed by atoms with Crippen molar-refractivity contribution in [3.63, 3.8) is 0 Å². The molecule has 0 aromatic carbocycles. The van der Waals surface area contributed by atoms with E-state index in [-0.39, 0.29) is 12.0 Å². The highest BCUT2D eigenvalue weighted by atomic mass is 16.3. The molecular weight excluding hydrogens is 468 g/mol. The number of rotatable bonds is 6. The zero-order chi connectivity index (χ0) is 25.8. The van der Waals surface area contributed by atoms with E-state index < -0.39 is 0 Å². The lowest BCUT2D eigenvalue weighted by molar-refractivity contribution is 0.0948. The number of carbonyl (C=O) groups excluding carboxylic acids is 1. The van der Waals surface area contributed by atoms with Gasteiger partial charge in [0.25, 0.3) is 5.91 Å². The number of anilines is 1. The number of aromatic nitrogens is 5. The first-order chi connectivity index (χ1) is 18.1. The van der Waals surface area contributed by atoms with Crippen LogP contribution in [0.1, 0.15) is 48.9 Å². The van der Waals surface area contributed by atoms with Crippen LogP contribution in [0.4, 0.5) is 5.82 Å². The van der Waals surface area contributed by atoms with E-state index in [1.54, 1.807) is 17.8 Å². The van der Waals surface area contributed by atoms with Crippen molar-refractivity contribution in [1.82, 2.24) is 34.4 Å². The van der Waals surface area contributed by atoms with Crippen molar-refractivity contribution in [3.05, 3.63) is 42.4 Å². The molecule has 1 saturated carbocycles. The standard InChI is InChI=1S/C23H28N8O.C4H8O/c1-24-20-13-19(28-22-17(23(32)25-2)14-27-31(20)22)18-15-30(21-16(18)7-6-8-26-21)12-11-29-9-4-3-5-10-29;5-4-2-1-3-4/h6-8,13-15,24H,3-5,9-12H2,1-2H3,(H,25,32);4-5H,1-3H2. The predicted octanol–water partition coefficient (Wildman–Crippen LogP) is 3.16. The lowest BCUT2D eigenvalue weighted by Gasteiger charge is -2.26. The average molecular weight is 505 g/mol. The van der Waals surface area contributed by atoms with E-state index in [2.05, 4.69) is 42.4 Å². The van der Waals surface area contributed by atoms with Crippen LogP contribution in [0.25, 0.3) is 27.9 Å². The van der Waals surface area contributed by atoms with Crippen LogP contribution in [0.15, 0.2) is 36.8 Å². The summed E-state index contributed by atoms with van der Waals surface area (Å²) in [7, 11) is 3.44. The summed E-state index contributed by atoms with van der Waals surface area (Å²) >= 11 is 0. The molecule has 10 heteroatoms. The molecule has 0 radical (unpaired) electrons. The van der Waals surface area contributed by atoms with Gasteiger partial charge in [0.15, 0.2) is 5.65 Å². The summed E-state index contributed by atoms with van der Waals surface area (Å²) in [5.41, 5.74) is 3.69. The number of carbonyl (C=O) groups is 1. The Labute approximate surface area is 216 Å². The van der Waals surface area contributed by atoms with Crippen molar-refractivity contribution in [1.29, 1.82) is 0 Å². The number of aliphatic hydroxyl groups excluding tert-OH is 1. The molecule has 2 aliphatic rings. The number of likely N-dealkylation sites (tertiary alicyclic amines) is 1. The average Bonchev–Trinajstić information content (AvgIpc) is 3.52. The highest BCUT2D eigenvalue weighted by Gasteiger charge is 2.19. The molecule has 10 nitrogen and oxygen atoms in total. The molecule has 4 aromatic heterocycles. The van der Waals surface area contributed by atoms with Gasteiger partial charge >= 0.3 is 0 Å². The van der Waals surface area contributed by atoms with Gasteiger partial charge in [-0.2, -0.15) is 9.61 Å². The number of pyridine rings is 1. The van der Waals surface area contributed by atoms with Crippen LogP contribution in [0, 0.1) is 0 Å². The number of amides is 1. The number of aliphatic hydroxyl groups is 1. The summed E-state index contributed by atoms with van der Waals surface area (Å²) < 4.78 is 3.88. The van der Waals surface area contributed by atoms with Crippen LogP contribution in [-0.4, -0.2) is 79.9 Å². The van der Waals surface area contributed by atoms with Crippen molar-refractivity contribution >= 4 is 28.4 Å². The van der Waals surface area contributed by atoms with Crippen LogP contribution in [0.3, 0.4) is 0 Å². The van der Waals surface area contributed by atoms with Crippen LogP contribution in [-0.2, 0) is 6.54 Å². The smallest absolute Gasteiger partial charge is 0.256 e. The zero-order valence-corrected chi connectivity index (χ0v) is 21.7. The SMILES string of the molecule is CNC(=O)c1cnn2c(NC)cc(-c3cn(CCN4CCCCC4)c4ncccc34)nc12.OC1CCC1. The fourth-order valence-electron chi connectivity index (χ4n) is 4.89. The van der Waals surface area contributed by atoms with Gasteiger partial charge in [0.05, 0.1) is 18.0 Å². The Balaban J connectivity index is 0.000000503. The minimum atomic E-state index is -0.211. The summed E-state index contributed by atoms with van der Waals surface area (Å²) in [6.07, 6.45) is 12.8. The van der Waals surface area contributed by atoms with Gasteiger partial charge in [-0.1, -0.05) is 6.42 Å². The molecule has 1 saturated heterocycles.